The zero-order valence-corrected chi connectivity index (χ0v) is 15.5. The van der Waals surface area contributed by atoms with E-state index in [-0.39, 0.29) is 24.0 Å². The summed E-state index contributed by atoms with van der Waals surface area (Å²) in [4.78, 5) is 22.6. The van der Waals surface area contributed by atoms with Crippen LogP contribution in [0.25, 0.3) is 0 Å². The van der Waals surface area contributed by atoms with Crippen LogP contribution < -0.4 is 10.2 Å². The van der Waals surface area contributed by atoms with Gasteiger partial charge in [-0.1, -0.05) is 24.3 Å². The number of aliphatic hydroxyl groups is 1. The Labute approximate surface area is 162 Å². The maximum Gasteiger partial charge on any atom is 0.274 e. The summed E-state index contributed by atoms with van der Waals surface area (Å²) in [6.45, 7) is 0.603. The molecular weight excluding hydrogens is 359 g/mol. The van der Waals surface area contributed by atoms with E-state index in [4.69, 9.17) is 5.11 Å². The fourth-order valence-electron chi connectivity index (χ4n) is 2.70. The lowest BCUT2D eigenvalue weighted by molar-refractivity contribution is 0.102. The number of nitrogens with one attached hydrogen (secondary N) is 1. The van der Waals surface area contributed by atoms with Crippen molar-refractivity contribution in [1.82, 2.24) is 9.97 Å². The van der Waals surface area contributed by atoms with Gasteiger partial charge in [-0.25, -0.2) is 14.4 Å². The molecule has 0 unspecified atom stereocenters. The van der Waals surface area contributed by atoms with Gasteiger partial charge in [-0.15, -0.1) is 0 Å². The molecule has 28 heavy (non-hydrogen) atoms. The second kappa shape index (κ2) is 9.05. The van der Waals surface area contributed by atoms with Crippen LogP contribution in [0.3, 0.4) is 0 Å². The van der Waals surface area contributed by atoms with E-state index in [1.54, 1.807) is 30.3 Å². The summed E-state index contributed by atoms with van der Waals surface area (Å²) >= 11 is 0. The van der Waals surface area contributed by atoms with Gasteiger partial charge in [0, 0.05) is 32.0 Å². The number of benzene rings is 2. The topological polar surface area (TPSA) is 78.4 Å². The van der Waals surface area contributed by atoms with Crippen molar-refractivity contribution in [2.75, 3.05) is 23.9 Å². The van der Waals surface area contributed by atoms with Crippen molar-refractivity contribution >= 4 is 17.4 Å². The number of nitrogens with zero attached hydrogens (tertiary/aromatic N) is 3. The molecule has 0 saturated carbocycles. The third-order valence-electron chi connectivity index (χ3n) is 4.22. The predicted octanol–water partition coefficient (Wildman–Crippen LogP) is 3.04. The second-order valence-electron chi connectivity index (χ2n) is 6.37. The van der Waals surface area contributed by atoms with Crippen molar-refractivity contribution in [2.24, 2.45) is 0 Å². The Morgan fingerprint density at radius 1 is 1.07 bits per heavy atom. The van der Waals surface area contributed by atoms with E-state index in [1.807, 2.05) is 24.1 Å². The van der Waals surface area contributed by atoms with E-state index in [0.717, 1.165) is 11.1 Å². The van der Waals surface area contributed by atoms with Gasteiger partial charge in [0.1, 0.15) is 23.7 Å². The van der Waals surface area contributed by atoms with Crippen LogP contribution in [-0.2, 0) is 13.0 Å². The molecule has 2 aromatic carbocycles. The molecule has 1 aromatic heterocycles. The normalized spacial score (nSPS) is 10.5. The highest BCUT2D eigenvalue weighted by molar-refractivity contribution is 6.03. The standard InChI is InChI=1S/C21H21FN4O2/c1-26(13-16-2-6-17(22)7-3-16)20-12-19(23-14-24-20)21(28)25-18-8-4-15(5-9-18)10-11-27/h2-9,12,14,27H,10-11,13H2,1H3,(H,25,28). The zero-order valence-electron chi connectivity index (χ0n) is 15.5. The van der Waals surface area contributed by atoms with Crippen molar-refractivity contribution in [2.45, 2.75) is 13.0 Å². The minimum Gasteiger partial charge on any atom is -0.396 e. The van der Waals surface area contributed by atoms with Crippen LogP contribution in [-0.4, -0.2) is 34.6 Å². The van der Waals surface area contributed by atoms with Crippen LogP contribution in [0.1, 0.15) is 21.6 Å². The van der Waals surface area contributed by atoms with E-state index in [1.165, 1.54) is 18.5 Å². The van der Waals surface area contributed by atoms with Crippen LogP contribution in [0.5, 0.6) is 0 Å². The summed E-state index contributed by atoms with van der Waals surface area (Å²) in [7, 11) is 1.84. The van der Waals surface area contributed by atoms with Gasteiger partial charge in [0.15, 0.2) is 0 Å². The van der Waals surface area contributed by atoms with E-state index in [0.29, 0.717) is 24.5 Å². The van der Waals surface area contributed by atoms with Gasteiger partial charge in [0.25, 0.3) is 5.91 Å². The quantitative estimate of drug-likeness (QED) is 0.659. The van der Waals surface area contributed by atoms with Gasteiger partial charge in [0.05, 0.1) is 0 Å². The van der Waals surface area contributed by atoms with Crippen LogP contribution in [0, 0.1) is 5.82 Å². The highest BCUT2D eigenvalue weighted by Crippen LogP contribution is 2.15. The molecule has 0 atom stereocenters. The molecule has 0 spiro atoms. The van der Waals surface area contributed by atoms with Crippen LogP contribution in [0.15, 0.2) is 60.9 Å². The molecule has 0 saturated heterocycles. The molecule has 1 heterocycles. The lowest BCUT2D eigenvalue weighted by Gasteiger charge is -2.18. The van der Waals surface area contributed by atoms with Gasteiger partial charge in [0.2, 0.25) is 0 Å². The van der Waals surface area contributed by atoms with Crippen LogP contribution in [0.2, 0.25) is 0 Å². The molecule has 1 amide bonds. The zero-order chi connectivity index (χ0) is 19.9. The van der Waals surface area contributed by atoms with Crippen molar-refractivity contribution in [3.63, 3.8) is 0 Å². The van der Waals surface area contributed by atoms with E-state index in [9.17, 15) is 9.18 Å². The number of amides is 1. The Morgan fingerprint density at radius 2 is 1.75 bits per heavy atom. The van der Waals surface area contributed by atoms with Crippen LogP contribution in [0.4, 0.5) is 15.9 Å². The van der Waals surface area contributed by atoms with Gasteiger partial charge in [-0.05, 0) is 41.8 Å². The molecule has 144 valence electrons. The number of aliphatic hydroxyl groups excluding tert-OH is 1. The number of hydrogen-bond donors (Lipinski definition) is 2. The van der Waals surface area contributed by atoms with Crippen LogP contribution >= 0.6 is 0 Å². The Bertz CT molecular complexity index is 930. The summed E-state index contributed by atoms with van der Waals surface area (Å²) in [5, 5.41) is 11.8. The number of halogens is 1. The molecule has 7 heteroatoms. The average molecular weight is 380 g/mol. The Balaban J connectivity index is 1.67. The fraction of sp³-hybridized carbons (Fsp3) is 0.190. The number of hydrogen-bond acceptors (Lipinski definition) is 5. The maximum absolute atomic E-state index is 13.0. The number of anilines is 2. The summed E-state index contributed by atoms with van der Waals surface area (Å²) in [5.41, 5.74) is 2.81. The van der Waals surface area contributed by atoms with Gasteiger partial charge >= 0.3 is 0 Å². The largest absolute Gasteiger partial charge is 0.396 e. The molecule has 0 fully saturated rings. The molecule has 3 aromatic rings. The number of carbonyl (C=O) groups is 1. The number of carbonyl (C=O) groups excluding carboxylic acids is 1. The smallest absolute Gasteiger partial charge is 0.274 e. The summed E-state index contributed by atoms with van der Waals surface area (Å²) in [6, 6.07) is 15.1. The first-order valence-corrected chi connectivity index (χ1v) is 8.84. The van der Waals surface area contributed by atoms with Crippen molar-refractivity contribution < 1.29 is 14.3 Å². The molecule has 0 radical (unpaired) electrons. The molecular formula is C21H21FN4O2. The van der Waals surface area contributed by atoms with Gasteiger partial charge in [-0.3, -0.25) is 4.79 Å². The monoisotopic (exact) mass is 380 g/mol. The predicted molar refractivity (Wildman–Crippen MR) is 106 cm³/mol. The first-order chi connectivity index (χ1) is 13.5. The summed E-state index contributed by atoms with van der Waals surface area (Å²) in [6.07, 6.45) is 1.92. The van der Waals surface area contributed by atoms with E-state index in [2.05, 4.69) is 15.3 Å². The van der Waals surface area contributed by atoms with Crippen molar-refractivity contribution in [1.29, 1.82) is 0 Å². The highest BCUT2D eigenvalue weighted by Gasteiger charge is 2.12. The second-order valence-corrected chi connectivity index (χ2v) is 6.37. The molecule has 0 aliphatic heterocycles. The molecule has 6 nitrogen and oxygen atoms in total. The average Bonchev–Trinajstić information content (AvgIpc) is 2.71. The Kier molecular flexibility index (Phi) is 6.29. The maximum atomic E-state index is 13.0. The van der Waals surface area contributed by atoms with Crippen molar-refractivity contribution in [3.8, 4) is 0 Å². The molecule has 2 N–H and O–H groups in total. The molecule has 3 rings (SSSR count). The van der Waals surface area contributed by atoms with Gasteiger partial charge in [-0.2, -0.15) is 0 Å². The first-order valence-electron chi connectivity index (χ1n) is 8.84. The van der Waals surface area contributed by atoms with Crippen molar-refractivity contribution in [3.05, 3.63) is 83.6 Å². The van der Waals surface area contributed by atoms with Gasteiger partial charge < -0.3 is 15.3 Å². The minimum absolute atomic E-state index is 0.0842. The minimum atomic E-state index is -0.339. The third-order valence-corrected chi connectivity index (χ3v) is 4.22. The number of aromatic nitrogens is 2. The molecule has 0 aliphatic carbocycles. The lowest BCUT2D eigenvalue weighted by atomic mass is 10.1. The summed E-state index contributed by atoms with van der Waals surface area (Å²) in [5.74, 6) is -0.0340. The Hall–Kier alpha value is -3.32. The molecule has 0 bridgehead atoms. The number of rotatable bonds is 7. The third kappa shape index (κ3) is 5.11. The Morgan fingerprint density at radius 3 is 2.43 bits per heavy atom. The molecule has 0 aliphatic rings. The summed E-state index contributed by atoms with van der Waals surface area (Å²) < 4.78 is 13.0. The van der Waals surface area contributed by atoms with E-state index >= 15 is 0 Å². The highest BCUT2D eigenvalue weighted by atomic mass is 19.1. The lowest BCUT2D eigenvalue weighted by Crippen LogP contribution is -2.20. The SMILES string of the molecule is CN(Cc1ccc(F)cc1)c1cc(C(=O)Nc2ccc(CCO)cc2)ncn1. The van der Waals surface area contributed by atoms with E-state index < -0.39 is 0 Å². The first kappa shape index (κ1) is 19.4. The fourth-order valence-corrected chi connectivity index (χ4v) is 2.70.